The lowest BCUT2D eigenvalue weighted by atomic mass is 10.0. The first-order chi connectivity index (χ1) is 13.6. The summed E-state index contributed by atoms with van der Waals surface area (Å²) in [7, 11) is 1.49. The fraction of sp³-hybridized carbons (Fsp3) is 0.350. The first-order valence-electron chi connectivity index (χ1n) is 8.81. The number of nitro groups is 1. The number of nitrogens with one attached hydrogen (secondary N) is 1. The molecular formula is C20H23FN2O6. The fourth-order valence-corrected chi connectivity index (χ4v) is 2.48. The molecule has 0 saturated carbocycles. The molecule has 0 aliphatic rings. The molecule has 2 aromatic rings. The standard InChI is InChI=1S/C20H23FN2O6/c1-20(2,3)29-19(24)22-16-12-18(28-10-9-27-4)14(11-17(16)23(25)26)13-7-5-6-8-15(13)21/h5-8,11-12H,9-10H2,1-4H3,(H,22,24). The topological polar surface area (TPSA) is 99.9 Å². The van der Waals surface area contributed by atoms with Crippen molar-refractivity contribution in [3.63, 3.8) is 0 Å². The van der Waals surface area contributed by atoms with Gasteiger partial charge in [0.1, 0.15) is 29.5 Å². The number of carbonyl (C=O) groups is 1. The number of rotatable bonds is 7. The van der Waals surface area contributed by atoms with Crippen molar-refractivity contribution < 1.29 is 28.3 Å². The first-order valence-corrected chi connectivity index (χ1v) is 8.81. The zero-order valence-electron chi connectivity index (χ0n) is 16.7. The van der Waals surface area contributed by atoms with Gasteiger partial charge in [-0.05, 0) is 26.8 Å². The van der Waals surface area contributed by atoms with E-state index >= 15 is 0 Å². The van der Waals surface area contributed by atoms with E-state index in [1.807, 2.05) is 0 Å². The maximum atomic E-state index is 14.3. The van der Waals surface area contributed by atoms with E-state index in [1.165, 1.54) is 31.4 Å². The van der Waals surface area contributed by atoms with E-state index in [-0.39, 0.29) is 35.8 Å². The number of methoxy groups -OCH3 is 1. The molecule has 0 heterocycles. The van der Waals surface area contributed by atoms with E-state index in [4.69, 9.17) is 14.2 Å². The molecule has 2 rings (SSSR count). The quantitative estimate of drug-likeness (QED) is 0.404. The number of halogens is 1. The van der Waals surface area contributed by atoms with Gasteiger partial charge >= 0.3 is 6.09 Å². The van der Waals surface area contributed by atoms with Gasteiger partial charge in [0.25, 0.3) is 5.69 Å². The highest BCUT2D eigenvalue weighted by molar-refractivity contribution is 5.91. The summed E-state index contributed by atoms with van der Waals surface area (Å²) in [6.07, 6.45) is -0.859. The van der Waals surface area contributed by atoms with Gasteiger partial charge in [0.2, 0.25) is 0 Å². The van der Waals surface area contributed by atoms with Crippen LogP contribution in [0.25, 0.3) is 11.1 Å². The molecule has 0 atom stereocenters. The minimum absolute atomic E-state index is 0.127. The Morgan fingerprint density at radius 2 is 1.86 bits per heavy atom. The molecule has 0 saturated heterocycles. The summed E-state index contributed by atoms with van der Waals surface area (Å²) in [5, 5.41) is 14.0. The van der Waals surface area contributed by atoms with Gasteiger partial charge in [0, 0.05) is 30.4 Å². The van der Waals surface area contributed by atoms with E-state index in [1.54, 1.807) is 26.8 Å². The van der Waals surface area contributed by atoms with Gasteiger partial charge in [0.05, 0.1) is 11.5 Å². The smallest absolute Gasteiger partial charge is 0.412 e. The van der Waals surface area contributed by atoms with Crippen LogP contribution >= 0.6 is 0 Å². The summed E-state index contributed by atoms with van der Waals surface area (Å²) in [6.45, 7) is 5.38. The van der Waals surface area contributed by atoms with Gasteiger partial charge in [-0.2, -0.15) is 0 Å². The monoisotopic (exact) mass is 406 g/mol. The Kier molecular flexibility index (Phi) is 7.11. The number of amides is 1. The number of hydrogen-bond acceptors (Lipinski definition) is 6. The predicted molar refractivity (Wildman–Crippen MR) is 106 cm³/mol. The SMILES string of the molecule is COCCOc1cc(NC(=O)OC(C)(C)C)c([N+](=O)[O-])cc1-c1ccccc1F. The Labute approximate surface area is 167 Å². The molecule has 0 unspecified atom stereocenters. The number of hydrogen-bond donors (Lipinski definition) is 1. The Morgan fingerprint density at radius 3 is 2.45 bits per heavy atom. The van der Waals surface area contributed by atoms with Crippen molar-refractivity contribution in [2.75, 3.05) is 25.6 Å². The van der Waals surface area contributed by atoms with Crippen LogP contribution in [0.4, 0.5) is 20.6 Å². The zero-order valence-corrected chi connectivity index (χ0v) is 16.7. The highest BCUT2D eigenvalue weighted by Crippen LogP contribution is 2.40. The van der Waals surface area contributed by atoms with Crippen molar-refractivity contribution in [3.8, 4) is 16.9 Å². The number of nitrogens with zero attached hydrogens (tertiary/aromatic N) is 1. The lowest BCUT2D eigenvalue weighted by molar-refractivity contribution is -0.383. The molecule has 2 aromatic carbocycles. The molecule has 8 nitrogen and oxygen atoms in total. The van der Waals surface area contributed by atoms with Gasteiger partial charge in [0.15, 0.2) is 0 Å². The summed E-state index contributed by atoms with van der Waals surface area (Å²) in [4.78, 5) is 23.0. The third kappa shape index (κ3) is 6.15. The van der Waals surface area contributed by atoms with Crippen LogP contribution in [-0.4, -0.2) is 36.9 Å². The van der Waals surface area contributed by atoms with Crippen molar-refractivity contribution in [2.45, 2.75) is 26.4 Å². The van der Waals surface area contributed by atoms with E-state index in [0.717, 1.165) is 6.07 Å². The zero-order chi connectivity index (χ0) is 21.6. The highest BCUT2D eigenvalue weighted by Gasteiger charge is 2.25. The van der Waals surface area contributed by atoms with Crippen LogP contribution < -0.4 is 10.1 Å². The third-order valence-corrected chi connectivity index (χ3v) is 3.64. The van der Waals surface area contributed by atoms with Gasteiger partial charge in [-0.1, -0.05) is 18.2 Å². The molecule has 0 radical (unpaired) electrons. The van der Waals surface area contributed by atoms with Crippen LogP contribution in [0.15, 0.2) is 36.4 Å². The van der Waals surface area contributed by atoms with Gasteiger partial charge in [-0.25, -0.2) is 9.18 Å². The Morgan fingerprint density at radius 1 is 1.17 bits per heavy atom. The average molecular weight is 406 g/mol. The highest BCUT2D eigenvalue weighted by atomic mass is 19.1. The second kappa shape index (κ2) is 9.33. The number of benzene rings is 2. The maximum Gasteiger partial charge on any atom is 0.412 e. The van der Waals surface area contributed by atoms with E-state index in [9.17, 15) is 19.3 Å². The van der Waals surface area contributed by atoms with Crippen LogP contribution in [0, 0.1) is 15.9 Å². The largest absolute Gasteiger partial charge is 0.490 e. The van der Waals surface area contributed by atoms with Crippen LogP contribution in [0.1, 0.15) is 20.8 Å². The maximum absolute atomic E-state index is 14.3. The molecule has 0 aliphatic carbocycles. The summed E-state index contributed by atoms with van der Waals surface area (Å²) in [6, 6.07) is 8.28. The predicted octanol–water partition coefficient (Wildman–Crippen LogP) is 4.77. The van der Waals surface area contributed by atoms with Gasteiger partial charge in [-0.3, -0.25) is 15.4 Å². The Balaban J connectivity index is 2.54. The van der Waals surface area contributed by atoms with Crippen LogP contribution in [0.5, 0.6) is 5.75 Å². The molecule has 1 amide bonds. The fourth-order valence-electron chi connectivity index (χ4n) is 2.48. The Bertz CT molecular complexity index is 895. The molecule has 29 heavy (non-hydrogen) atoms. The van der Waals surface area contributed by atoms with Crippen molar-refractivity contribution in [2.24, 2.45) is 0 Å². The minimum Gasteiger partial charge on any atom is -0.490 e. The number of nitro benzene ring substituents is 1. The van der Waals surface area contributed by atoms with Crippen LogP contribution in [0.3, 0.4) is 0 Å². The molecule has 0 aliphatic heterocycles. The minimum atomic E-state index is -0.859. The van der Waals surface area contributed by atoms with E-state index < -0.39 is 28.1 Å². The molecule has 0 aromatic heterocycles. The molecule has 0 spiro atoms. The second-order valence-electron chi connectivity index (χ2n) is 7.07. The summed E-state index contributed by atoms with van der Waals surface area (Å²) >= 11 is 0. The van der Waals surface area contributed by atoms with Crippen molar-refractivity contribution >= 4 is 17.5 Å². The second-order valence-corrected chi connectivity index (χ2v) is 7.07. The summed E-state index contributed by atoms with van der Waals surface area (Å²) in [5.41, 5.74) is -1.03. The van der Waals surface area contributed by atoms with Gasteiger partial charge in [-0.15, -0.1) is 0 Å². The van der Waals surface area contributed by atoms with Crippen LogP contribution in [-0.2, 0) is 9.47 Å². The van der Waals surface area contributed by atoms with Crippen molar-refractivity contribution in [1.29, 1.82) is 0 Å². The summed E-state index contributed by atoms with van der Waals surface area (Å²) < 4.78 is 30.1. The molecule has 9 heteroatoms. The molecular weight excluding hydrogens is 383 g/mol. The lowest BCUT2D eigenvalue weighted by Crippen LogP contribution is -2.27. The van der Waals surface area contributed by atoms with Crippen LogP contribution in [0.2, 0.25) is 0 Å². The van der Waals surface area contributed by atoms with E-state index in [2.05, 4.69) is 5.32 Å². The normalized spacial score (nSPS) is 11.1. The number of anilines is 1. The van der Waals surface area contributed by atoms with Gasteiger partial charge < -0.3 is 14.2 Å². The molecule has 0 fully saturated rings. The molecule has 0 bridgehead atoms. The summed E-state index contributed by atoms with van der Waals surface area (Å²) in [5.74, 6) is -0.407. The number of carbonyl (C=O) groups excluding carboxylic acids is 1. The lowest BCUT2D eigenvalue weighted by Gasteiger charge is -2.20. The van der Waals surface area contributed by atoms with Crippen molar-refractivity contribution in [1.82, 2.24) is 0 Å². The van der Waals surface area contributed by atoms with E-state index in [0.29, 0.717) is 0 Å². The molecule has 156 valence electrons. The Hall–Kier alpha value is -3.20. The molecule has 1 N–H and O–H groups in total. The van der Waals surface area contributed by atoms with Crippen molar-refractivity contribution in [3.05, 3.63) is 52.3 Å². The number of ether oxygens (including phenoxy) is 3. The first kappa shape index (κ1) is 22.1. The average Bonchev–Trinajstić information content (AvgIpc) is 2.61. The third-order valence-electron chi connectivity index (χ3n) is 3.64.